The average molecular weight is 251 g/mol. The monoisotopic (exact) mass is 251 g/mol. The fraction of sp³-hybridized carbons (Fsp3) is 0.462. The van der Waals surface area contributed by atoms with E-state index in [4.69, 9.17) is 5.26 Å². The van der Waals surface area contributed by atoms with Gasteiger partial charge in [-0.05, 0) is 18.9 Å². The van der Waals surface area contributed by atoms with Gasteiger partial charge >= 0.3 is 0 Å². The number of nitriles is 1. The third-order valence-corrected chi connectivity index (χ3v) is 5.67. The molecular weight excluding hydrogens is 234 g/mol. The number of hydrogen-bond acceptors (Lipinski definition) is 3. The van der Waals surface area contributed by atoms with E-state index in [1.54, 1.807) is 31.2 Å². The molecular formula is C13H17NO2S. The summed E-state index contributed by atoms with van der Waals surface area (Å²) in [6, 6.07) is 10.9. The van der Waals surface area contributed by atoms with Gasteiger partial charge in [0.15, 0.2) is 9.84 Å². The van der Waals surface area contributed by atoms with Gasteiger partial charge in [-0.1, -0.05) is 37.3 Å². The van der Waals surface area contributed by atoms with E-state index < -0.39 is 20.3 Å². The summed E-state index contributed by atoms with van der Waals surface area (Å²) in [5.74, 6) is 0. The van der Waals surface area contributed by atoms with Crippen molar-refractivity contribution < 1.29 is 8.42 Å². The van der Waals surface area contributed by atoms with Gasteiger partial charge in [-0.3, -0.25) is 0 Å². The number of benzene rings is 1. The number of rotatable bonds is 5. The Hall–Kier alpha value is -1.34. The lowest BCUT2D eigenvalue weighted by Crippen LogP contribution is -2.24. The molecule has 1 aromatic rings. The first-order valence-corrected chi connectivity index (χ1v) is 7.29. The van der Waals surface area contributed by atoms with Gasteiger partial charge in [-0.2, -0.15) is 5.26 Å². The molecule has 0 heterocycles. The molecule has 2 unspecified atom stereocenters. The molecule has 2 atom stereocenters. The summed E-state index contributed by atoms with van der Waals surface area (Å²) < 4.78 is 24.6. The lowest BCUT2D eigenvalue weighted by atomic mass is 10.1. The zero-order chi connectivity index (χ0) is 12.9. The van der Waals surface area contributed by atoms with Crippen molar-refractivity contribution in [3.05, 3.63) is 35.9 Å². The number of nitrogens with zero attached hydrogens (tertiary/aromatic N) is 1. The second-order valence-corrected chi connectivity index (χ2v) is 6.62. The van der Waals surface area contributed by atoms with Crippen molar-refractivity contribution in [1.82, 2.24) is 0 Å². The van der Waals surface area contributed by atoms with Crippen LogP contribution in [0.2, 0.25) is 0 Å². The van der Waals surface area contributed by atoms with E-state index in [1.165, 1.54) is 0 Å². The van der Waals surface area contributed by atoms with Crippen LogP contribution >= 0.6 is 0 Å². The summed E-state index contributed by atoms with van der Waals surface area (Å²) in [5.41, 5.74) is 0.703. The van der Waals surface area contributed by atoms with Crippen LogP contribution in [0.1, 0.15) is 37.5 Å². The standard InChI is InChI=1S/C13H17NO2S/c1-3-11(2)17(15,16)13(9-10-14)12-7-5-4-6-8-12/h4-8,11,13H,3,9H2,1-2H3. The van der Waals surface area contributed by atoms with Gasteiger partial charge < -0.3 is 0 Å². The molecule has 17 heavy (non-hydrogen) atoms. The molecule has 0 saturated heterocycles. The maximum Gasteiger partial charge on any atom is 0.160 e. The van der Waals surface area contributed by atoms with E-state index in [0.717, 1.165) is 0 Å². The highest BCUT2D eigenvalue weighted by Gasteiger charge is 2.31. The molecule has 92 valence electrons. The molecule has 0 spiro atoms. The molecule has 0 fully saturated rings. The summed E-state index contributed by atoms with van der Waals surface area (Å²) in [6.07, 6.45) is 0.577. The Labute approximate surface area is 103 Å². The third-order valence-electron chi connectivity index (χ3n) is 2.98. The Kier molecular flexibility index (Phi) is 4.71. The van der Waals surface area contributed by atoms with Crippen molar-refractivity contribution in [3.8, 4) is 6.07 Å². The summed E-state index contributed by atoms with van der Waals surface area (Å²) >= 11 is 0. The highest BCUT2D eigenvalue weighted by atomic mass is 32.2. The molecule has 3 nitrogen and oxygen atoms in total. The third kappa shape index (κ3) is 3.07. The zero-order valence-corrected chi connectivity index (χ0v) is 10.9. The van der Waals surface area contributed by atoms with Crippen LogP contribution in [0.4, 0.5) is 0 Å². The van der Waals surface area contributed by atoms with Gasteiger partial charge in [0, 0.05) is 0 Å². The second-order valence-electron chi connectivity index (χ2n) is 4.07. The van der Waals surface area contributed by atoms with Gasteiger partial charge in [0.2, 0.25) is 0 Å². The Morgan fingerprint density at radius 1 is 1.29 bits per heavy atom. The van der Waals surface area contributed by atoms with Crippen molar-refractivity contribution in [2.24, 2.45) is 0 Å². The Balaban J connectivity index is 3.16. The van der Waals surface area contributed by atoms with Crippen molar-refractivity contribution in [2.75, 3.05) is 0 Å². The van der Waals surface area contributed by atoms with E-state index in [2.05, 4.69) is 0 Å². The topological polar surface area (TPSA) is 57.9 Å². The predicted molar refractivity (Wildman–Crippen MR) is 68.1 cm³/mol. The van der Waals surface area contributed by atoms with Crippen LogP contribution in [0, 0.1) is 11.3 Å². The Morgan fingerprint density at radius 2 is 1.88 bits per heavy atom. The normalized spacial score (nSPS) is 14.9. The first kappa shape index (κ1) is 13.7. The first-order chi connectivity index (χ1) is 8.04. The molecule has 0 aliphatic rings. The maximum absolute atomic E-state index is 12.3. The van der Waals surface area contributed by atoms with Crippen molar-refractivity contribution in [3.63, 3.8) is 0 Å². The van der Waals surface area contributed by atoms with E-state index in [9.17, 15) is 8.42 Å². The number of hydrogen-bond donors (Lipinski definition) is 0. The molecule has 1 rings (SSSR count). The molecule has 0 amide bonds. The molecule has 0 aliphatic carbocycles. The van der Waals surface area contributed by atoms with Gasteiger partial charge in [-0.25, -0.2) is 8.42 Å². The molecule has 0 N–H and O–H groups in total. The smallest absolute Gasteiger partial charge is 0.160 e. The quantitative estimate of drug-likeness (QED) is 0.808. The summed E-state index contributed by atoms with van der Waals surface area (Å²) in [5, 5.41) is 7.68. The second kappa shape index (κ2) is 5.83. The summed E-state index contributed by atoms with van der Waals surface area (Å²) in [7, 11) is -3.29. The molecule has 0 saturated carbocycles. The van der Waals surface area contributed by atoms with Crippen LogP contribution in [0.15, 0.2) is 30.3 Å². The first-order valence-electron chi connectivity index (χ1n) is 5.68. The molecule has 0 bridgehead atoms. The average Bonchev–Trinajstić information content (AvgIpc) is 2.35. The van der Waals surface area contributed by atoms with Gasteiger partial charge in [0.05, 0.1) is 23.0 Å². The fourth-order valence-electron chi connectivity index (χ4n) is 1.69. The largest absolute Gasteiger partial charge is 0.228 e. The minimum Gasteiger partial charge on any atom is -0.228 e. The van der Waals surface area contributed by atoms with E-state index in [1.807, 2.05) is 19.1 Å². The minimum absolute atomic E-state index is 0.0106. The maximum atomic E-state index is 12.3. The highest BCUT2D eigenvalue weighted by Crippen LogP contribution is 2.29. The van der Waals surface area contributed by atoms with Gasteiger partial charge in [-0.15, -0.1) is 0 Å². The van der Waals surface area contributed by atoms with E-state index in [-0.39, 0.29) is 6.42 Å². The fourth-order valence-corrected chi connectivity index (χ4v) is 3.56. The SMILES string of the molecule is CCC(C)S(=O)(=O)C(CC#N)c1ccccc1. The highest BCUT2D eigenvalue weighted by molar-refractivity contribution is 7.92. The Morgan fingerprint density at radius 3 is 2.35 bits per heavy atom. The van der Waals surface area contributed by atoms with Crippen LogP contribution in [0.5, 0.6) is 0 Å². The van der Waals surface area contributed by atoms with Crippen LogP contribution < -0.4 is 0 Å². The van der Waals surface area contributed by atoms with Crippen LogP contribution in [0.25, 0.3) is 0 Å². The van der Waals surface area contributed by atoms with E-state index in [0.29, 0.717) is 12.0 Å². The lowest BCUT2D eigenvalue weighted by Gasteiger charge is -2.19. The minimum atomic E-state index is -3.29. The van der Waals surface area contributed by atoms with Crippen molar-refractivity contribution in [2.45, 2.75) is 37.2 Å². The van der Waals surface area contributed by atoms with Gasteiger partial charge in [0.1, 0.15) is 0 Å². The van der Waals surface area contributed by atoms with E-state index >= 15 is 0 Å². The van der Waals surface area contributed by atoms with Crippen molar-refractivity contribution >= 4 is 9.84 Å². The molecule has 4 heteroatoms. The van der Waals surface area contributed by atoms with Crippen LogP contribution in [-0.2, 0) is 9.84 Å². The number of sulfone groups is 1. The van der Waals surface area contributed by atoms with Crippen LogP contribution in [-0.4, -0.2) is 13.7 Å². The summed E-state index contributed by atoms with van der Waals surface area (Å²) in [4.78, 5) is 0. The zero-order valence-electron chi connectivity index (χ0n) is 10.1. The molecule has 0 aliphatic heterocycles. The predicted octanol–water partition coefficient (Wildman–Crippen LogP) is 2.85. The van der Waals surface area contributed by atoms with Gasteiger partial charge in [0.25, 0.3) is 0 Å². The molecule has 1 aromatic carbocycles. The molecule has 0 radical (unpaired) electrons. The van der Waals surface area contributed by atoms with Crippen molar-refractivity contribution in [1.29, 1.82) is 5.26 Å². The lowest BCUT2D eigenvalue weighted by molar-refractivity contribution is 0.567. The molecule has 0 aromatic heterocycles. The Bertz CT molecular complexity index is 488. The summed E-state index contributed by atoms with van der Waals surface area (Å²) in [6.45, 7) is 3.54. The van der Waals surface area contributed by atoms with Crippen LogP contribution in [0.3, 0.4) is 0 Å².